The number of nitrogens with one attached hydrogen (secondary N) is 4. The molecular weight excluding hydrogens is 116 g/mol. The Labute approximate surface area is 57.2 Å². The average molecular weight is 130 g/mol. The Bertz CT molecular complexity index is 122. The molecule has 4 N–H and O–H groups in total. The van der Waals surface area contributed by atoms with Gasteiger partial charge in [-0.05, 0) is 0 Å². The van der Waals surface area contributed by atoms with Gasteiger partial charge >= 0.3 is 0 Å². The molecular formula is C5H12N4. The van der Waals surface area contributed by atoms with E-state index in [0.717, 1.165) is 6.42 Å². The average Bonchev–Trinajstić information content (AvgIpc) is 1.82. The van der Waals surface area contributed by atoms with Crippen LogP contribution in [0, 0.1) is 0 Å². The third kappa shape index (κ3) is 1.07. The van der Waals surface area contributed by atoms with E-state index in [1.807, 2.05) is 0 Å². The van der Waals surface area contributed by atoms with Crippen molar-refractivity contribution in [2.24, 2.45) is 0 Å². The maximum absolute atomic E-state index is 7.37. The van der Waals surface area contributed by atoms with Gasteiger partial charge in [-0.2, -0.15) is 0 Å². The van der Waals surface area contributed by atoms with E-state index in [9.17, 15) is 0 Å². The van der Waals surface area contributed by atoms with Gasteiger partial charge in [-0.1, -0.05) is 0 Å². The topological polar surface area (TPSA) is 48.1 Å². The highest BCUT2D eigenvalue weighted by Gasteiger charge is 2.23. The van der Waals surface area contributed by atoms with Gasteiger partial charge in [-0.25, -0.2) is 0 Å². The van der Waals surface area contributed by atoms with Crippen LogP contribution in [0.5, 0.6) is 0 Å². The first-order chi connectivity index (χ1) is 5.24. The first-order valence-corrected chi connectivity index (χ1v) is 3.13. The normalized spacial score (nSPS) is 62.2. The Kier molecular flexibility index (Phi) is 0.958. The SMILES string of the molecule is [2H]C1NC2CC(N1)NC([2H])N2. The van der Waals surface area contributed by atoms with Gasteiger partial charge in [0.25, 0.3) is 0 Å². The molecule has 2 bridgehead atoms. The second-order valence-electron chi connectivity index (χ2n) is 2.30. The van der Waals surface area contributed by atoms with Crippen molar-refractivity contribution in [1.29, 1.82) is 0 Å². The number of fused-ring (bicyclic) bond motifs is 2. The minimum absolute atomic E-state index is 0.104. The highest BCUT2D eigenvalue weighted by atomic mass is 15.3. The highest BCUT2D eigenvalue weighted by molar-refractivity contribution is 4.81. The van der Waals surface area contributed by atoms with Crippen molar-refractivity contribution >= 4 is 0 Å². The number of hydrogen-bond acceptors (Lipinski definition) is 4. The van der Waals surface area contributed by atoms with Gasteiger partial charge in [-0.15, -0.1) is 0 Å². The Hall–Kier alpha value is -0.160. The monoisotopic (exact) mass is 130 g/mol. The Morgan fingerprint density at radius 2 is 1.44 bits per heavy atom. The van der Waals surface area contributed by atoms with E-state index in [2.05, 4.69) is 21.3 Å². The third-order valence-corrected chi connectivity index (χ3v) is 1.61. The van der Waals surface area contributed by atoms with Crippen LogP contribution in [0.25, 0.3) is 0 Å². The maximum atomic E-state index is 7.37. The lowest BCUT2D eigenvalue weighted by atomic mass is 10.2. The van der Waals surface area contributed by atoms with Crippen molar-refractivity contribution < 1.29 is 2.74 Å². The zero-order valence-corrected chi connectivity index (χ0v) is 5.02. The Morgan fingerprint density at radius 1 is 1.00 bits per heavy atom. The summed E-state index contributed by atoms with van der Waals surface area (Å²) in [4.78, 5) is 0. The van der Waals surface area contributed by atoms with E-state index in [1.165, 1.54) is 0 Å². The van der Waals surface area contributed by atoms with Gasteiger partial charge in [0.05, 0.1) is 15.1 Å². The maximum Gasteiger partial charge on any atom is 0.0619 e. The minimum Gasteiger partial charge on any atom is -0.289 e. The lowest BCUT2D eigenvalue weighted by molar-refractivity contribution is 0.196. The molecule has 2 saturated heterocycles. The molecule has 4 heteroatoms. The molecule has 0 aromatic heterocycles. The van der Waals surface area contributed by atoms with E-state index in [4.69, 9.17) is 2.74 Å². The smallest absolute Gasteiger partial charge is 0.0619 e. The van der Waals surface area contributed by atoms with Gasteiger partial charge in [-0.3, -0.25) is 21.3 Å². The predicted molar refractivity (Wildman–Crippen MR) is 34.5 cm³/mol. The second-order valence-corrected chi connectivity index (χ2v) is 2.30. The zero-order chi connectivity index (χ0) is 7.84. The van der Waals surface area contributed by atoms with Gasteiger partial charge in [0.15, 0.2) is 0 Å². The summed E-state index contributed by atoms with van der Waals surface area (Å²) in [5.41, 5.74) is 0. The lowest BCUT2D eigenvalue weighted by Crippen LogP contribution is -2.66. The molecule has 0 aliphatic carbocycles. The number of hydrogen-bond donors (Lipinski definition) is 4. The van der Waals surface area contributed by atoms with Crippen molar-refractivity contribution in [3.05, 3.63) is 0 Å². The first-order valence-electron chi connectivity index (χ1n) is 4.28. The van der Waals surface area contributed by atoms with Crippen LogP contribution in [0.2, 0.25) is 0 Å². The van der Waals surface area contributed by atoms with E-state index in [0.29, 0.717) is 0 Å². The minimum atomic E-state index is -0.425. The molecule has 0 saturated carbocycles. The summed E-state index contributed by atoms with van der Waals surface area (Å²) in [6.45, 7) is -0.850. The van der Waals surface area contributed by atoms with Gasteiger partial charge in [0, 0.05) is 19.7 Å². The van der Waals surface area contributed by atoms with Crippen molar-refractivity contribution in [2.75, 3.05) is 13.3 Å². The fourth-order valence-corrected chi connectivity index (χ4v) is 1.10. The van der Waals surface area contributed by atoms with Crippen LogP contribution in [0.1, 0.15) is 9.16 Å². The van der Waals surface area contributed by atoms with Gasteiger partial charge in [0.1, 0.15) is 0 Å². The molecule has 2 heterocycles. The summed E-state index contributed by atoms with van der Waals surface area (Å²) in [5.74, 6) is 0. The van der Waals surface area contributed by atoms with Crippen LogP contribution >= 0.6 is 0 Å². The third-order valence-electron chi connectivity index (χ3n) is 1.61. The molecule has 0 aromatic rings. The van der Waals surface area contributed by atoms with Crippen molar-refractivity contribution in [3.8, 4) is 0 Å². The predicted octanol–water partition coefficient (Wildman–Crippen LogP) is -1.67. The van der Waals surface area contributed by atoms with Crippen molar-refractivity contribution in [2.45, 2.75) is 18.8 Å². The first kappa shape index (κ1) is 3.88. The Morgan fingerprint density at radius 3 is 1.89 bits per heavy atom. The molecule has 2 aliphatic rings. The summed E-state index contributed by atoms with van der Waals surface area (Å²) < 4.78 is 14.7. The molecule has 0 spiro atoms. The molecule has 0 radical (unpaired) electrons. The van der Waals surface area contributed by atoms with E-state index in [1.54, 1.807) is 0 Å². The van der Waals surface area contributed by atoms with E-state index in [-0.39, 0.29) is 12.3 Å². The van der Waals surface area contributed by atoms with E-state index >= 15 is 0 Å². The molecule has 0 aromatic carbocycles. The molecule has 2 rings (SSSR count). The lowest BCUT2D eigenvalue weighted by Gasteiger charge is -2.37. The standard InChI is InChI=1S/C5H12N4/c1-4-6-2-7-5(1)9-3-8-4/h4-9H,1-3H2/i2D,3D. The van der Waals surface area contributed by atoms with Crippen molar-refractivity contribution in [1.82, 2.24) is 21.3 Å². The fourth-order valence-electron chi connectivity index (χ4n) is 1.10. The van der Waals surface area contributed by atoms with Crippen LogP contribution in [0.15, 0.2) is 0 Å². The molecule has 0 atom stereocenters. The van der Waals surface area contributed by atoms with Crippen LogP contribution in [0.4, 0.5) is 0 Å². The molecule has 2 aliphatic heterocycles. The van der Waals surface area contributed by atoms with Crippen LogP contribution < -0.4 is 21.3 Å². The highest BCUT2D eigenvalue weighted by Crippen LogP contribution is 2.00. The molecule has 52 valence electrons. The van der Waals surface area contributed by atoms with Crippen LogP contribution in [0.3, 0.4) is 0 Å². The zero-order valence-electron chi connectivity index (χ0n) is 7.02. The summed E-state index contributed by atoms with van der Waals surface area (Å²) in [6, 6.07) is 0. The number of rotatable bonds is 0. The summed E-state index contributed by atoms with van der Waals surface area (Å²) in [7, 11) is 0. The fraction of sp³-hybridized carbons (Fsp3) is 1.00. The molecule has 9 heavy (non-hydrogen) atoms. The Balaban J connectivity index is 2.00. The second kappa shape index (κ2) is 2.22. The largest absolute Gasteiger partial charge is 0.289 e. The van der Waals surface area contributed by atoms with E-state index < -0.39 is 13.3 Å². The van der Waals surface area contributed by atoms with Gasteiger partial charge < -0.3 is 0 Å². The summed E-state index contributed by atoms with van der Waals surface area (Å²) >= 11 is 0. The quantitative estimate of drug-likeness (QED) is 0.317. The van der Waals surface area contributed by atoms with Crippen LogP contribution in [-0.2, 0) is 0 Å². The molecule has 0 amide bonds. The molecule has 0 unspecified atom stereocenters. The van der Waals surface area contributed by atoms with Crippen LogP contribution in [-0.4, -0.2) is 25.6 Å². The van der Waals surface area contributed by atoms with Crippen molar-refractivity contribution in [3.63, 3.8) is 0 Å². The molecule has 4 nitrogen and oxygen atoms in total. The van der Waals surface area contributed by atoms with Gasteiger partial charge in [0.2, 0.25) is 0 Å². The molecule has 2 fully saturated rings. The summed E-state index contributed by atoms with van der Waals surface area (Å²) in [5, 5.41) is 11.8. The summed E-state index contributed by atoms with van der Waals surface area (Å²) in [6.07, 6.45) is 1.09.